The van der Waals surface area contributed by atoms with E-state index in [9.17, 15) is 28.1 Å². The van der Waals surface area contributed by atoms with E-state index in [0.717, 1.165) is 33.3 Å². The molecule has 0 saturated carbocycles. The average molecular weight is 581 g/mol. The summed E-state index contributed by atoms with van der Waals surface area (Å²) >= 11 is 0. The molecule has 0 aliphatic rings. The number of benzene rings is 3. The van der Waals surface area contributed by atoms with Gasteiger partial charge < -0.3 is 10.2 Å². The molecule has 0 heterocycles. The van der Waals surface area contributed by atoms with Crippen molar-refractivity contribution in [1.29, 1.82) is 0 Å². The van der Waals surface area contributed by atoms with E-state index in [1.54, 1.807) is 6.92 Å². The number of nitrogens with zero attached hydrogens (tertiary/aromatic N) is 3. The highest BCUT2D eigenvalue weighted by Crippen LogP contribution is 2.28. The molecule has 218 valence electrons. The topological polar surface area (TPSA) is 130 Å². The molecule has 0 aromatic heterocycles. The lowest BCUT2D eigenvalue weighted by molar-refractivity contribution is -0.384. The van der Waals surface area contributed by atoms with Crippen LogP contribution in [-0.4, -0.2) is 55.4 Å². The fraction of sp³-hybridized carbons (Fsp3) is 0.333. The van der Waals surface area contributed by atoms with E-state index in [2.05, 4.69) is 5.32 Å². The third kappa shape index (κ3) is 8.62. The Morgan fingerprint density at radius 3 is 2.27 bits per heavy atom. The largest absolute Gasteiger partial charge is 0.354 e. The van der Waals surface area contributed by atoms with Gasteiger partial charge in [0.25, 0.3) is 5.69 Å². The maximum Gasteiger partial charge on any atom is 0.271 e. The first kappa shape index (κ1) is 31.3. The molecule has 41 heavy (non-hydrogen) atoms. The number of anilines is 1. The van der Waals surface area contributed by atoms with Crippen molar-refractivity contribution in [3.05, 3.63) is 105 Å². The lowest BCUT2D eigenvalue weighted by atomic mass is 10.0. The van der Waals surface area contributed by atoms with Gasteiger partial charge in [-0.05, 0) is 37.0 Å². The Hall–Kier alpha value is -4.25. The number of non-ortho nitro benzene ring substituents is 1. The van der Waals surface area contributed by atoms with E-state index in [0.29, 0.717) is 18.5 Å². The van der Waals surface area contributed by atoms with Crippen LogP contribution in [0.15, 0.2) is 72.8 Å². The number of hydrogen-bond acceptors (Lipinski definition) is 6. The van der Waals surface area contributed by atoms with Gasteiger partial charge in [0.05, 0.1) is 16.9 Å². The number of rotatable bonds is 13. The highest BCUT2D eigenvalue weighted by Gasteiger charge is 2.33. The predicted molar refractivity (Wildman–Crippen MR) is 159 cm³/mol. The molecule has 3 aromatic rings. The van der Waals surface area contributed by atoms with Crippen LogP contribution in [-0.2, 0) is 32.6 Å². The van der Waals surface area contributed by atoms with Gasteiger partial charge in [0, 0.05) is 31.6 Å². The monoisotopic (exact) mass is 580 g/mol. The maximum absolute atomic E-state index is 14.1. The Bertz CT molecular complexity index is 1490. The van der Waals surface area contributed by atoms with Crippen molar-refractivity contribution in [2.75, 3.05) is 23.7 Å². The third-order valence-corrected chi connectivity index (χ3v) is 7.73. The second-order valence-electron chi connectivity index (χ2n) is 10.0. The normalized spacial score (nSPS) is 11.9. The van der Waals surface area contributed by atoms with Gasteiger partial charge in [-0.25, -0.2) is 8.42 Å². The molecule has 0 saturated heterocycles. The number of carbonyl (C=O) groups excluding carboxylic acids is 2. The van der Waals surface area contributed by atoms with Gasteiger partial charge in [0.15, 0.2) is 0 Å². The van der Waals surface area contributed by atoms with Gasteiger partial charge in [0.1, 0.15) is 12.6 Å². The minimum absolute atomic E-state index is 0.0283. The van der Waals surface area contributed by atoms with Gasteiger partial charge in [0.2, 0.25) is 21.8 Å². The molecular formula is C30H36N4O6S. The highest BCUT2D eigenvalue weighted by molar-refractivity contribution is 7.92. The highest BCUT2D eigenvalue weighted by atomic mass is 32.2. The number of nitrogens with one attached hydrogen (secondary N) is 1. The minimum atomic E-state index is -4.05. The number of sulfonamides is 1. The molecule has 1 unspecified atom stereocenters. The fourth-order valence-electron chi connectivity index (χ4n) is 4.50. The van der Waals surface area contributed by atoms with E-state index in [4.69, 9.17) is 0 Å². The van der Waals surface area contributed by atoms with Gasteiger partial charge in [-0.1, -0.05) is 73.2 Å². The van der Waals surface area contributed by atoms with Crippen LogP contribution < -0.4 is 9.62 Å². The lowest BCUT2D eigenvalue weighted by Crippen LogP contribution is -2.53. The molecule has 0 aliphatic heterocycles. The van der Waals surface area contributed by atoms with Crippen LogP contribution in [0.4, 0.5) is 11.4 Å². The summed E-state index contributed by atoms with van der Waals surface area (Å²) in [6.45, 7) is 5.29. The molecule has 0 radical (unpaired) electrons. The molecule has 3 aromatic carbocycles. The molecule has 3 rings (SSSR count). The number of nitro benzene ring substituents is 1. The molecule has 0 aliphatic carbocycles. The van der Waals surface area contributed by atoms with Crippen LogP contribution in [0.2, 0.25) is 0 Å². The van der Waals surface area contributed by atoms with E-state index in [1.165, 1.54) is 17.0 Å². The zero-order valence-corrected chi connectivity index (χ0v) is 24.6. The molecule has 0 bridgehead atoms. The van der Waals surface area contributed by atoms with Crippen LogP contribution in [0.3, 0.4) is 0 Å². The Morgan fingerprint density at radius 1 is 0.976 bits per heavy atom. The van der Waals surface area contributed by atoms with Crippen LogP contribution in [0.25, 0.3) is 0 Å². The number of nitro groups is 1. The van der Waals surface area contributed by atoms with Crippen molar-refractivity contribution in [3.8, 4) is 0 Å². The van der Waals surface area contributed by atoms with Crippen molar-refractivity contribution < 1.29 is 22.9 Å². The van der Waals surface area contributed by atoms with Crippen molar-refractivity contribution in [2.45, 2.75) is 46.2 Å². The first-order valence-electron chi connectivity index (χ1n) is 13.3. The Kier molecular flexibility index (Phi) is 10.6. The molecule has 1 N–H and O–H groups in total. The average Bonchev–Trinajstić information content (AvgIpc) is 2.92. The third-order valence-electron chi connectivity index (χ3n) is 6.61. The minimum Gasteiger partial charge on any atom is -0.354 e. The standard InChI is InChI=1S/C30H36N4O6S/c1-5-16-31-30(36)28(18-24-11-7-6-8-12-24)32(20-25-13-9-10-22(2)17-25)29(35)21-33(41(4,39)40)27-19-26(34(37)38)15-14-23(27)3/h6-15,17,19,28H,5,16,18,20-21H2,1-4H3,(H,31,36). The quantitative estimate of drug-likeness (QED) is 0.239. The summed E-state index contributed by atoms with van der Waals surface area (Å²) in [5.74, 6) is -0.968. The fourth-order valence-corrected chi connectivity index (χ4v) is 5.40. The summed E-state index contributed by atoms with van der Waals surface area (Å²) < 4.78 is 26.8. The molecule has 0 fully saturated rings. The van der Waals surface area contributed by atoms with E-state index in [-0.39, 0.29) is 30.2 Å². The maximum atomic E-state index is 14.1. The van der Waals surface area contributed by atoms with Crippen molar-refractivity contribution >= 4 is 33.2 Å². The van der Waals surface area contributed by atoms with E-state index < -0.39 is 33.4 Å². The number of amides is 2. The van der Waals surface area contributed by atoms with Crippen molar-refractivity contribution in [3.63, 3.8) is 0 Å². The molecule has 10 nitrogen and oxygen atoms in total. The van der Waals surface area contributed by atoms with Crippen LogP contribution in [0, 0.1) is 24.0 Å². The van der Waals surface area contributed by atoms with Crippen LogP contribution in [0.1, 0.15) is 35.6 Å². The van der Waals surface area contributed by atoms with Gasteiger partial charge in [-0.15, -0.1) is 0 Å². The number of aryl methyl sites for hydroxylation is 2. The number of carbonyl (C=O) groups is 2. The van der Waals surface area contributed by atoms with Gasteiger partial charge >= 0.3 is 0 Å². The Balaban J connectivity index is 2.09. The Labute approximate surface area is 241 Å². The molecule has 0 spiro atoms. The SMILES string of the molecule is CCCNC(=O)C(Cc1ccccc1)N(Cc1cccc(C)c1)C(=O)CN(c1cc([N+](=O)[O-])ccc1C)S(C)(=O)=O. The van der Waals surface area contributed by atoms with Gasteiger partial charge in [-0.3, -0.25) is 24.0 Å². The van der Waals surface area contributed by atoms with Gasteiger partial charge in [-0.2, -0.15) is 0 Å². The zero-order chi connectivity index (χ0) is 30.2. The second kappa shape index (κ2) is 13.9. The Morgan fingerprint density at radius 2 is 1.66 bits per heavy atom. The molecular weight excluding hydrogens is 544 g/mol. The van der Waals surface area contributed by atoms with Crippen molar-refractivity contribution in [1.82, 2.24) is 10.2 Å². The summed E-state index contributed by atoms with van der Waals surface area (Å²) in [6, 6.07) is 19.7. The molecule has 1 atom stereocenters. The first-order chi connectivity index (χ1) is 19.4. The number of hydrogen-bond donors (Lipinski definition) is 1. The lowest BCUT2D eigenvalue weighted by Gasteiger charge is -2.33. The van der Waals surface area contributed by atoms with E-state index in [1.807, 2.05) is 68.4 Å². The molecule has 11 heteroatoms. The zero-order valence-electron chi connectivity index (χ0n) is 23.7. The summed E-state index contributed by atoms with van der Waals surface area (Å²) in [5.41, 5.74) is 2.75. The summed E-state index contributed by atoms with van der Waals surface area (Å²) in [6.07, 6.45) is 1.85. The van der Waals surface area contributed by atoms with Crippen LogP contribution >= 0.6 is 0 Å². The molecule has 2 amide bonds. The second-order valence-corrected chi connectivity index (χ2v) is 11.9. The summed E-state index contributed by atoms with van der Waals surface area (Å²) in [5, 5.41) is 14.3. The summed E-state index contributed by atoms with van der Waals surface area (Å²) in [4.78, 5) is 39.9. The smallest absolute Gasteiger partial charge is 0.271 e. The van der Waals surface area contributed by atoms with E-state index >= 15 is 0 Å². The van der Waals surface area contributed by atoms with Crippen molar-refractivity contribution in [2.24, 2.45) is 0 Å². The first-order valence-corrected chi connectivity index (χ1v) is 15.1. The van der Waals surface area contributed by atoms with Crippen LogP contribution in [0.5, 0.6) is 0 Å². The predicted octanol–water partition coefficient (Wildman–Crippen LogP) is 4.14. The summed E-state index contributed by atoms with van der Waals surface area (Å²) in [7, 11) is -4.05.